The summed E-state index contributed by atoms with van der Waals surface area (Å²) >= 11 is 24.2. The Morgan fingerprint density at radius 1 is 0.971 bits per heavy atom. The van der Waals surface area contributed by atoms with E-state index in [4.69, 9.17) is 46.4 Å². The van der Waals surface area contributed by atoms with Crippen LogP contribution in [0.4, 0.5) is 5.69 Å². The van der Waals surface area contributed by atoms with Gasteiger partial charge in [0.2, 0.25) is 21.8 Å². The molecule has 192 valence electrons. The molecule has 0 unspecified atom stereocenters. The van der Waals surface area contributed by atoms with Crippen LogP contribution in [0.5, 0.6) is 0 Å². The fraction of sp³-hybridized carbons (Fsp3) is 0.391. The van der Waals surface area contributed by atoms with E-state index in [1.807, 2.05) is 6.92 Å². The zero-order valence-electron chi connectivity index (χ0n) is 19.5. The van der Waals surface area contributed by atoms with Gasteiger partial charge in [-0.2, -0.15) is 0 Å². The third-order valence-electron chi connectivity index (χ3n) is 5.20. The van der Waals surface area contributed by atoms with Gasteiger partial charge >= 0.3 is 0 Å². The fourth-order valence-corrected chi connectivity index (χ4v) is 4.66. The predicted molar refractivity (Wildman–Crippen MR) is 143 cm³/mol. The second-order valence-electron chi connectivity index (χ2n) is 7.96. The van der Waals surface area contributed by atoms with Gasteiger partial charge in [0.15, 0.2) is 0 Å². The van der Waals surface area contributed by atoms with Crippen LogP contribution in [0.3, 0.4) is 0 Å². The van der Waals surface area contributed by atoms with Crippen LogP contribution in [0.1, 0.15) is 32.3 Å². The van der Waals surface area contributed by atoms with Crippen molar-refractivity contribution in [2.24, 2.45) is 0 Å². The van der Waals surface area contributed by atoms with E-state index in [9.17, 15) is 18.0 Å². The van der Waals surface area contributed by atoms with Gasteiger partial charge in [-0.05, 0) is 49.2 Å². The Balaban J connectivity index is 2.39. The summed E-state index contributed by atoms with van der Waals surface area (Å²) in [6.07, 6.45) is 2.67. The van der Waals surface area contributed by atoms with Crippen molar-refractivity contribution in [3.05, 3.63) is 62.1 Å². The van der Waals surface area contributed by atoms with E-state index in [2.05, 4.69) is 5.32 Å². The molecular formula is C23H27Cl4N3O4S. The molecule has 12 heteroatoms. The number of sulfonamides is 1. The Hall–Kier alpha value is -1.71. The normalized spacial score (nSPS) is 12.2. The summed E-state index contributed by atoms with van der Waals surface area (Å²) < 4.78 is 26.1. The van der Waals surface area contributed by atoms with Gasteiger partial charge in [-0.1, -0.05) is 65.8 Å². The zero-order valence-corrected chi connectivity index (χ0v) is 23.4. The second kappa shape index (κ2) is 13.0. The Kier molecular flexibility index (Phi) is 11.0. The van der Waals surface area contributed by atoms with Crippen LogP contribution in [-0.2, 0) is 26.2 Å². The van der Waals surface area contributed by atoms with Crippen LogP contribution in [0.15, 0.2) is 36.4 Å². The maximum Gasteiger partial charge on any atom is 0.244 e. The highest BCUT2D eigenvalue weighted by Gasteiger charge is 2.30. The van der Waals surface area contributed by atoms with E-state index < -0.39 is 28.5 Å². The molecular weight excluding hydrogens is 556 g/mol. The summed E-state index contributed by atoms with van der Waals surface area (Å²) in [5, 5.41) is 3.84. The zero-order chi connectivity index (χ0) is 26.3. The highest BCUT2D eigenvalue weighted by atomic mass is 35.5. The lowest BCUT2D eigenvalue weighted by atomic mass is 10.1. The number of nitrogens with zero attached hydrogens (tertiary/aromatic N) is 2. The monoisotopic (exact) mass is 581 g/mol. The van der Waals surface area contributed by atoms with Gasteiger partial charge in [-0.25, -0.2) is 8.42 Å². The minimum absolute atomic E-state index is 0.0110. The van der Waals surface area contributed by atoms with Gasteiger partial charge in [0.05, 0.1) is 32.0 Å². The number of rotatable bonds is 11. The van der Waals surface area contributed by atoms with Crippen molar-refractivity contribution in [3.63, 3.8) is 0 Å². The summed E-state index contributed by atoms with van der Waals surface area (Å²) in [6, 6.07) is 8.24. The first-order valence-corrected chi connectivity index (χ1v) is 14.1. The fourth-order valence-electron chi connectivity index (χ4n) is 3.21. The van der Waals surface area contributed by atoms with Crippen molar-refractivity contribution in [1.29, 1.82) is 0 Å². The molecule has 0 spiro atoms. The number of benzene rings is 2. The molecule has 1 N–H and O–H groups in total. The largest absolute Gasteiger partial charge is 0.354 e. The van der Waals surface area contributed by atoms with Crippen molar-refractivity contribution in [2.75, 3.05) is 23.7 Å². The average molecular weight is 583 g/mol. The van der Waals surface area contributed by atoms with Crippen LogP contribution in [-0.4, -0.2) is 50.5 Å². The quantitative estimate of drug-likeness (QED) is 0.359. The number of anilines is 1. The van der Waals surface area contributed by atoms with Gasteiger partial charge in [-0.3, -0.25) is 13.9 Å². The molecule has 0 saturated heterocycles. The molecule has 0 aliphatic rings. The lowest BCUT2D eigenvalue weighted by Gasteiger charge is -2.31. The van der Waals surface area contributed by atoms with Crippen molar-refractivity contribution >= 4 is 73.9 Å². The molecule has 2 amide bonds. The number of amides is 2. The number of hydrogen-bond donors (Lipinski definition) is 1. The van der Waals surface area contributed by atoms with Crippen molar-refractivity contribution in [2.45, 2.75) is 39.3 Å². The Labute approximate surface area is 226 Å². The summed E-state index contributed by atoms with van der Waals surface area (Å²) in [4.78, 5) is 27.6. The highest BCUT2D eigenvalue weighted by Crippen LogP contribution is 2.29. The first kappa shape index (κ1) is 29.5. The molecule has 2 aromatic carbocycles. The maximum atomic E-state index is 13.5. The maximum absolute atomic E-state index is 13.5. The van der Waals surface area contributed by atoms with Gasteiger partial charge in [-0.15, -0.1) is 0 Å². The summed E-state index contributed by atoms with van der Waals surface area (Å²) in [6.45, 7) is 3.51. The van der Waals surface area contributed by atoms with E-state index in [1.165, 1.54) is 23.1 Å². The lowest BCUT2D eigenvalue weighted by molar-refractivity contribution is -0.139. The highest BCUT2D eigenvalue weighted by molar-refractivity contribution is 7.92. The second-order valence-corrected chi connectivity index (χ2v) is 11.5. The van der Waals surface area contributed by atoms with E-state index in [1.54, 1.807) is 25.1 Å². The predicted octanol–water partition coefficient (Wildman–Crippen LogP) is 5.40. The standard InChI is InChI=1S/C23H27Cl4N3O4S/c1-4-5-10-28-23(32)15(2)29(13-16-6-8-18(24)20(26)11-16)22(31)14-30(35(3,33)34)17-7-9-19(25)21(27)12-17/h6-9,11-12,15H,4-5,10,13-14H2,1-3H3,(H,28,32)/t15-/m0/s1. The van der Waals surface area contributed by atoms with Gasteiger partial charge in [0.1, 0.15) is 12.6 Å². The molecule has 0 bridgehead atoms. The number of halogens is 4. The van der Waals surface area contributed by atoms with E-state index >= 15 is 0 Å². The van der Waals surface area contributed by atoms with Crippen LogP contribution in [0, 0.1) is 0 Å². The molecule has 2 rings (SSSR count). The molecule has 7 nitrogen and oxygen atoms in total. The number of carbonyl (C=O) groups is 2. The van der Waals surface area contributed by atoms with Crippen LogP contribution in [0.2, 0.25) is 20.1 Å². The molecule has 0 radical (unpaired) electrons. The van der Waals surface area contributed by atoms with Crippen molar-refractivity contribution in [3.8, 4) is 0 Å². The SMILES string of the molecule is CCCCNC(=O)[C@H](C)N(Cc1ccc(Cl)c(Cl)c1)C(=O)CN(c1ccc(Cl)c(Cl)c1)S(C)(=O)=O. The number of nitrogens with one attached hydrogen (secondary N) is 1. The average Bonchev–Trinajstić information content (AvgIpc) is 2.78. The van der Waals surface area contributed by atoms with E-state index in [0.717, 1.165) is 23.4 Å². The van der Waals surface area contributed by atoms with Gasteiger partial charge in [0.25, 0.3) is 0 Å². The third-order valence-corrected chi connectivity index (χ3v) is 7.82. The van der Waals surface area contributed by atoms with Gasteiger partial charge < -0.3 is 10.2 Å². The third kappa shape index (κ3) is 8.43. The molecule has 0 saturated carbocycles. The number of unbranched alkanes of at least 4 members (excludes halogenated alkanes) is 1. The lowest BCUT2D eigenvalue weighted by Crippen LogP contribution is -2.51. The summed E-state index contributed by atoms with van der Waals surface area (Å²) in [5.41, 5.74) is 0.797. The minimum atomic E-state index is -3.88. The Morgan fingerprint density at radius 3 is 2.11 bits per heavy atom. The van der Waals surface area contributed by atoms with E-state index in [-0.39, 0.29) is 28.2 Å². The molecule has 0 aromatic heterocycles. The van der Waals surface area contributed by atoms with E-state index in [0.29, 0.717) is 22.2 Å². The molecule has 0 aliphatic heterocycles. The molecule has 0 fully saturated rings. The van der Waals surface area contributed by atoms with Crippen LogP contribution < -0.4 is 9.62 Å². The molecule has 35 heavy (non-hydrogen) atoms. The topological polar surface area (TPSA) is 86.8 Å². The first-order valence-electron chi connectivity index (χ1n) is 10.8. The molecule has 2 aromatic rings. The van der Waals surface area contributed by atoms with Crippen molar-refractivity contribution < 1.29 is 18.0 Å². The molecule has 0 aliphatic carbocycles. The minimum Gasteiger partial charge on any atom is -0.354 e. The smallest absolute Gasteiger partial charge is 0.244 e. The van der Waals surface area contributed by atoms with Crippen LogP contribution in [0.25, 0.3) is 0 Å². The van der Waals surface area contributed by atoms with Crippen LogP contribution >= 0.6 is 46.4 Å². The Bertz CT molecular complexity index is 1180. The van der Waals surface area contributed by atoms with Gasteiger partial charge in [0, 0.05) is 13.1 Å². The molecule has 1 atom stereocenters. The van der Waals surface area contributed by atoms with Crippen molar-refractivity contribution in [1.82, 2.24) is 10.2 Å². The Morgan fingerprint density at radius 2 is 1.57 bits per heavy atom. The summed E-state index contributed by atoms with van der Waals surface area (Å²) in [5.74, 6) is -0.946. The summed E-state index contributed by atoms with van der Waals surface area (Å²) in [7, 11) is -3.88. The number of carbonyl (C=O) groups excluding carboxylic acids is 2. The number of hydrogen-bond acceptors (Lipinski definition) is 4. The first-order chi connectivity index (χ1) is 16.3. The molecule has 0 heterocycles.